The highest BCUT2D eigenvalue weighted by atomic mass is 32.2. The molecular formula is C7H15NS. The molecule has 0 bridgehead atoms. The van der Waals surface area contributed by atoms with Crippen LogP contribution in [-0.4, -0.2) is 25.1 Å². The van der Waals surface area contributed by atoms with Crippen molar-refractivity contribution in [2.75, 3.05) is 25.1 Å². The number of hydrogen-bond donors (Lipinski definition) is 1. The predicted octanol–water partition coefficient (Wildman–Crippen LogP) is 1.35. The molecule has 0 atom stereocenters. The summed E-state index contributed by atoms with van der Waals surface area (Å²) in [7, 11) is 0. The number of hydrogen-bond acceptors (Lipinski definition) is 2. The van der Waals surface area contributed by atoms with Gasteiger partial charge in [0.1, 0.15) is 0 Å². The Morgan fingerprint density at radius 2 is 2.33 bits per heavy atom. The summed E-state index contributed by atoms with van der Waals surface area (Å²) in [6, 6.07) is 0. The molecule has 54 valence electrons. The molecule has 1 fully saturated rings. The van der Waals surface area contributed by atoms with Crippen LogP contribution in [0.15, 0.2) is 0 Å². The average Bonchev–Trinajstić information content (AvgIpc) is 2.63. The quantitative estimate of drug-likeness (QED) is 0.586. The molecule has 0 heterocycles. The molecule has 1 nitrogen and oxygen atoms in total. The second-order valence-corrected chi connectivity index (χ2v) is 3.63. The Balaban J connectivity index is 1.71. The maximum atomic E-state index is 3.43. The summed E-state index contributed by atoms with van der Waals surface area (Å²) in [5.74, 6) is 2.29. The van der Waals surface area contributed by atoms with Gasteiger partial charge in [-0.05, 0) is 31.6 Å². The number of nitrogens with one attached hydrogen (secondary N) is 1. The van der Waals surface area contributed by atoms with Crippen molar-refractivity contribution in [2.45, 2.75) is 12.8 Å². The zero-order chi connectivity index (χ0) is 6.53. The van der Waals surface area contributed by atoms with Gasteiger partial charge in [-0.1, -0.05) is 0 Å². The highest BCUT2D eigenvalue weighted by molar-refractivity contribution is 7.98. The third kappa shape index (κ3) is 3.82. The molecule has 1 aliphatic rings. The lowest BCUT2D eigenvalue weighted by Gasteiger charge is -1.99. The molecule has 0 aromatic heterocycles. The molecule has 1 saturated carbocycles. The van der Waals surface area contributed by atoms with Crippen molar-refractivity contribution >= 4 is 11.8 Å². The van der Waals surface area contributed by atoms with Gasteiger partial charge in [-0.2, -0.15) is 11.8 Å². The van der Waals surface area contributed by atoms with Crippen LogP contribution >= 0.6 is 11.8 Å². The van der Waals surface area contributed by atoms with Gasteiger partial charge < -0.3 is 5.32 Å². The van der Waals surface area contributed by atoms with Crippen LogP contribution in [0.1, 0.15) is 12.8 Å². The van der Waals surface area contributed by atoms with E-state index in [0.717, 1.165) is 5.92 Å². The molecule has 0 aromatic rings. The molecule has 1 aliphatic carbocycles. The highest BCUT2D eigenvalue weighted by Crippen LogP contribution is 2.27. The Hall–Kier alpha value is 0.310. The topological polar surface area (TPSA) is 12.0 Å². The van der Waals surface area contributed by atoms with E-state index in [1.807, 2.05) is 11.8 Å². The van der Waals surface area contributed by atoms with E-state index >= 15 is 0 Å². The first-order valence-corrected chi connectivity index (χ1v) is 5.02. The van der Waals surface area contributed by atoms with Gasteiger partial charge in [-0.25, -0.2) is 0 Å². The summed E-state index contributed by atoms with van der Waals surface area (Å²) in [5, 5.41) is 3.43. The van der Waals surface area contributed by atoms with Gasteiger partial charge in [-0.15, -0.1) is 0 Å². The van der Waals surface area contributed by atoms with Crippen LogP contribution in [-0.2, 0) is 0 Å². The molecular weight excluding hydrogens is 130 g/mol. The van der Waals surface area contributed by atoms with Gasteiger partial charge in [-0.3, -0.25) is 0 Å². The van der Waals surface area contributed by atoms with Crippen molar-refractivity contribution in [3.63, 3.8) is 0 Å². The third-order valence-electron chi connectivity index (χ3n) is 1.61. The Morgan fingerprint density at radius 3 is 2.89 bits per heavy atom. The van der Waals surface area contributed by atoms with Gasteiger partial charge in [0.2, 0.25) is 0 Å². The normalized spacial score (nSPS) is 18.3. The molecule has 0 unspecified atom stereocenters. The monoisotopic (exact) mass is 145 g/mol. The van der Waals surface area contributed by atoms with Crippen LogP contribution in [0.2, 0.25) is 0 Å². The minimum Gasteiger partial charge on any atom is -0.316 e. The fourth-order valence-corrected chi connectivity index (χ4v) is 1.15. The Morgan fingerprint density at radius 1 is 1.56 bits per heavy atom. The molecule has 0 saturated heterocycles. The summed E-state index contributed by atoms with van der Waals surface area (Å²) in [4.78, 5) is 0. The van der Waals surface area contributed by atoms with Crippen LogP contribution in [0.3, 0.4) is 0 Å². The standard InChI is InChI=1S/C7H15NS/c1-9-5-4-8-6-7-2-3-7/h7-8H,2-6H2,1H3. The van der Waals surface area contributed by atoms with E-state index in [9.17, 15) is 0 Å². The van der Waals surface area contributed by atoms with Crippen LogP contribution < -0.4 is 5.32 Å². The first kappa shape index (κ1) is 7.42. The van der Waals surface area contributed by atoms with Crippen LogP contribution in [0.4, 0.5) is 0 Å². The van der Waals surface area contributed by atoms with Crippen molar-refractivity contribution in [3.8, 4) is 0 Å². The van der Waals surface area contributed by atoms with E-state index in [-0.39, 0.29) is 0 Å². The highest BCUT2D eigenvalue weighted by Gasteiger charge is 2.19. The largest absolute Gasteiger partial charge is 0.316 e. The van der Waals surface area contributed by atoms with E-state index in [1.165, 1.54) is 31.7 Å². The minimum atomic E-state index is 1.03. The molecule has 0 aromatic carbocycles. The van der Waals surface area contributed by atoms with Gasteiger partial charge in [0.15, 0.2) is 0 Å². The van der Waals surface area contributed by atoms with E-state index in [0.29, 0.717) is 0 Å². The van der Waals surface area contributed by atoms with Crippen molar-refractivity contribution in [1.82, 2.24) is 5.32 Å². The maximum Gasteiger partial charge on any atom is 0.00553 e. The van der Waals surface area contributed by atoms with E-state index in [2.05, 4.69) is 11.6 Å². The number of thioether (sulfide) groups is 1. The van der Waals surface area contributed by atoms with Crippen molar-refractivity contribution in [1.29, 1.82) is 0 Å². The van der Waals surface area contributed by atoms with Crippen LogP contribution in [0.5, 0.6) is 0 Å². The molecule has 1 N–H and O–H groups in total. The van der Waals surface area contributed by atoms with E-state index in [4.69, 9.17) is 0 Å². The molecule has 0 spiro atoms. The molecule has 1 rings (SSSR count). The van der Waals surface area contributed by atoms with Crippen LogP contribution in [0.25, 0.3) is 0 Å². The summed E-state index contributed by atoms with van der Waals surface area (Å²) in [6.45, 7) is 2.46. The lowest BCUT2D eigenvalue weighted by Crippen LogP contribution is -2.19. The van der Waals surface area contributed by atoms with E-state index in [1.54, 1.807) is 0 Å². The molecule has 0 aliphatic heterocycles. The first-order chi connectivity index (χ1) is 4.43. The van der Waals surface area contributed by atoms with Crippen LogP contribution in [0, 0.1) is 5.92 Å². The van der Waals surface area contributed by atoms with Gasteiger partial charge in [0, 0.05) is 12.3 Å². The van der Waals surface area contributed by atoms with Crippen molar-refractivity contribution < 1.29 is 0 Å². The maximum absolute atomic E-state index is 3.43. The molecule has 9 heavy (non-hydrogen) atoms. The second-order valence-electron chi connectivity index (χ2n) is 2.64. The second kappa shape index (κ2) is 4.18. The Bertz CT molecular complexity index is 71.3. The van der Waals surface area contributed by atoms with Gasteiger partial charge in [0.05, 0.1) is 0 Å². The zero-order valence-corrected chi connectivity index (χ0v) is 6.84. The third-order valence-corrected chi connectivity index (χ3v) is 2.23. The lowest BCUT2D eigenvalue weighted by atomic mass is 10.4. The smallest absolute Gasteiger partial charge is 0.00553 e. The molecule has 0 amide bonds. The van der Waals surface area contributed by atoms with E-state index < -0.39 is 0 Å². The van der Waals surface area contributed by atoms with Crippen molar-refractivity contribution in [3.05, 3.63) is 0 Å². The van der Waals surface area contributed by atoms with Crippen molar-refractivity contribution in [2.24, 2.45) is 5.92 Å². The summed E-state index contributed by atoms with van der Waals surface area (Å²) < 4.78 is 0. The fourth-order valence-electron chi connectivity index (χ4n) is 0.802. The lowest BCUT2D eigenvalue weighted by molar-refractivity contribution is 0.666. The zero-order valence-electron chi connectivity index (χ0n) is 6.02. The summed E-state index contributed by atoms with van der Waals surface area (Å²) >= 11 is 1.91. The van der Waals surface area contributed by atoms with Gasteiger partial charge in [0.25, 0.3) is 0 Å². The Labute approximate surface area is 61.6 Å². The molecule has 0 radical (unpaired) electrons. The summed E-state index contributed by atoms with van der Waals surface area (Å²) in [6.07, 6.45) is 5.08. The average molecular weight is 145 g/mol. The number of rotatable bonds is 5. The fraction of sp³-hybridized carbons (Fsp3) is 1.00. The molecule has 2 heteroatoms. The SMILES string of the molecule is CSCCNCC1CC1. The summed E-state index contributed by atoms with van der Waals surface area (Å²) in [5.41, 5.74) is 0. The first-order valence-electron chi connectivity index (χ1n) is 3.63. The minimum absolute atomic E-state index is 1.03. The van der Waals surface area contributed by atoms with Gasteiger partial charge >= 0.3 is 0 Å². The predicted molar refractivity (Wildman–Crippen MR) is 44.0 cm³/mol. The Kier molecular flexibility index (Phi) is 3.44.